The lowest BCUT2D eigenvalue weighted by molar-refractivity contribution is -0.155. The van der Waals surface area contributed by atoms with Crippen LogP contribution in [-0.2, 0) is 22.6 Å². The topological polar surface area (TPSA) is 49.8 Å². The van der Waals surface area contributed by atoms with Crippen LogP contribution in [0.15, 0.2) is 60.7 Å². The number of hydrogen-bond acceptors (Lipinski definition) is 4. The van der Waals surface area contributed by atoms with Crippen LogP contribution in [0.5, 0.6) is 0 Å². The van der Waals surface area contributed by atoms with Gasteiger partial charge in [-0.05, 0) is 24.5 Å². The lowest BCUT2D eigenvalue weighted by Crippen LogP contribution is -2.49. The molecule has 0 aliphatic rings. The van der Waals surface area contributed by atoms with Gasteiger partial charge in [0.05, 0.1) is 12.7 Å². The Kier molecular flexibility index (Phi) is 7.64. The molecule has 2 aromatic carbocycles. The summed E-state index contributed by atoms with van der Waals surface area (Å²) in [6.07, 6.45) is -0.282. The predicted molar refractivity (Wildman–Crippen MR) is 98.8 cm³/mol. The van der Waals surface area contributed by atoms with Crippen LogP contribution in [-0.4, -0.2) is 34.7 Å². The summed E-state index contributed by atoms with van der Waals surface area (Å²) in [6.45, 7) is 5.09. The summed E-state index contributed by atoms with van der Waals surface area (Å²) in [4.78, 5) is 14.5. The molecule has 0 fully saturated rings. The first-order valence-electron chi connectivity index (χ1n) is 8.82. The van der Waals surface area contributed by atoms with E-state index in [0.29, 0.717) is 26.1 Å². The van der Waals surface area contributed by atoms with Crippen LogP contribution in [0, 0.1) is 0 Å². The second kappa shape index (κ2) is 9.97. The van der Waals surface area contributed by atoms with E-state index in [-0.39, 0.29) is 5.97 Å². The summed E-state index contributed by atoms with van der Waals surface area (Å²) in [5, 5.41) is 10.5. The number of hydrogen-bond donors (Lipinski definition) is 1. The van der Waals surface area contributed by atoms with Crippen molar-refractivity contribution in [1.29, 1.82) is 0 Å². The highest BCUT2D eigenvalue weighted by atomic mass is 16.5. The molecule has 134 valence electrons. The number of nitrogens with zero attached hydrogens (tertiary/aromatic N) is 1. The quantitative estimate of drug-likeness (QED) is 0.710. The van der Waals surface area contributed by atoms with Gasteiger partial charge < -0.3 is 9.84 Å². The molecule has 0 amide bonds. The average molecular weight is 341 g/mol. The summed E-state index contributed by atoms with van der Waals surface area (Å²) in [5.74, 6) is -0.372. The molecule has 0 saturated carbocycles. The molecule has 0 bridgehead atoms. The minimum Gasteiger partial charge on any atom is -0.465 e. The standard InChI is InChI=1S/C21H27NO3/c1-3-19(23)20(21(24)25-4-2)22(15-17-11-7-5-8-12-17)16-18-13-9-6-10-14-18/h5-14,19-20,23H,3-4,15-16H2,1-2H3/t19-,20+/m1/s1. The molecular formula is C21H27NO3. The Bertz CT molecular complexity index is 589. The maximum Gasteiger partial charge on any atom is 0.326 e. The fourth-order valence-electron chi connectivity index (χ4n) is 2.89. The Morgan fingerprint density at radius 1 is 0.960 bits per heavy atom. The number of esters is 1. The summed E-state index contributed by atoms with van der Waals surface area (Å²) in [7, 11) is 0. The number of carbonyl (C=O) groups excluding carboxylic acids is 1. The van der Waals surface area contributed by atoms with E-state index in [1.165, 1.54) is 0 Å². The molecule has 0 saturated heterocycles. The number of benzene rings is 2. The van der Waals surface area contributed by atoms with E-state index in [1.54, 1.807) is 6.92 Å². The highest BCUT2D eigenvalue weighted by molar-refractivity contribution is 5.76. The maximum atomic E-state index is 12.5. The lowest BCUT2D eigenvalue weighted by atomic mass is 10.0. The number of aliphatic hydroxyl groups excluding tert-OH is 1. The van der Waals surface area contributed by atoms with Gasteiger partial charge in [-0.3, -0.25) is 9.69 Å². The molecule has 0 radical (unpaired) electrons. The van der Waals surface area contributed by atoms with Crippen molar-refractivity contribution < 1.29 is 14.6 Å². The van der Waals surface area contributed by atoms with Crippen molar-refractivity contribution in [1.82, 2.24) is 4.90 Å². The number of carbonyl (C=O) groups is 1. The molecule has 0 spiro atoms. The Morgan fingerprint density at radius 3 is 1.84 bits per heavy atom. The predicted octanol–water partition coefficient (Wildman–Crippen LogP) is 3.39. The zero-order chi connectivity index (χ0) is 18.1. The highest BCUT2D eigenvalue weighted by Crippen LogP contribution is 2.18. The second-order valence-electron chi connectivity index (χ2n) is 6.05. The van der Waals surface area contributed by atoms with Crippen LogP contribution in [0.1, 0.15) is 31.4 Å². The van der Waals surface area contributed by atoms with Crippen molar-refractivity contribution in [2.75, 3.05) is 6.61 Å². The van der Waals surface area contributed by atoms with E-state index in [2.05, 4.69) is 0 Å². The zero-order valence-electron chi connectivity index (χ0n) is 15.0. The number of aliphatic hydroxyl groups is 1. The van der Waals surface area contributed by atoms with Gasteiger partial charge in [0, 0.05) is 13.1 Å². The minimum absolute atomic E-state index is 0.302. The van der Waals surface area contributed by atoms with Crippen molar-refractivity contribution in [3.63, 3.8) is 0 Å². The van der Waals surface area contributed by atoms with E-state index in [4.69, 9.17) is 4.74 Å². The SMILES string of the molecule is CCOC(=O)[C@H]([C@H](O)CC)N(Cc1ccccc1)Cc1ccccc1. The first-order valence-corrected chi connectivity index (χ1v) is 8.82. The van der Waals surface area contributed by atoms with Crippen LogP contribution >= 0.6 is 0 Å². The van der Waals surface area contributed by atoms with Gasteiger partial charge in [-0.25, -0.2) is 0 Å². The lowest BCUT2D eigenvalue weighted by Gasteiger charge is -2.33. The Morgan fingerprint density at radius 2 is 1.44 bits per heavy atom. The minimum atomic E-state index is -0.772. The third kappa shape index (κ3) is 5.69. The monoisotopic (exact) mass is 341 g/mol. The molecule has 25 heavy (non-hydrogen) atoms. The van der Waals surface area contributed by atoms with E-state index < -0.39 is 12.1 Å². The van der Waals surface area contributed by atoms with Crippen LogP contribution in [0.3, 0.4) is 0 Å². The van der Waals surface area contributed by atoms with Gasteiger partial charge in [-0.15, -0.1) is 0 Å². The van der Waals surface area contributed by atoms with E-state index in [1.807, 2.05) is 72.5 Å². The van der Waals surface area contributed by atoms with Crippen molar-refractivity contribution in [3.05, 3.63) is 71.8 Å². The summed E-state index contributed by atoms with van der Waals surface area (Å²) in [5.41, 5.74) is 2.19. The first kappa shape index (κ1) is 19.2. The first-order chi connectivity index (χ1) is 12.2. The van der Waals surface area contributed by atoms with E-state index >= 15 is 0 Å². The number of rotatable bonds is 9. The number of ether oxygens (including phenoxy) is 1. The Labute approximate surface area is 150 Å². The molecule has 0 aliphatic heterocycles. The van der Waals surface area contributed by atoms with Crippen molar-refractivity contribution >= 4 is 5.97 Å². The van der Waals surface area contributed by atoms with E-state index in [9.17, 15) is 9.90 Å². The second-order valence-corrected chi connectivity index (χ2v) is 6.05. The Balaban J connectivity index is 2.30. The summed E-state index contributed by atoms with van der Waals surface area (Å²) in [6, 6.07) is 19.3. The van der Waals surface area contributed by atoms with Crippen molar-refractivity contribution in [2.24, 2.45) is 0 Å². The molecule has 0 aliphatic carbocycles. The molecule has 0 aromatic heterocycles. The van der Waals surface area contributed by atoms with Gasteiger partial charge in [0.1, 0.15) is 6.04 Å². The normalized spacial score (nSPS) is 13.4. The third-order valence-electron chi connectivity index (χ3n) is 4.16. The van der Waals surface area contributed by atoms with Gasteiger partial charge in [0.25, 0.3) is 0 Å². The van der Waals surface area contributed by atoms with Gasteiger partial charge >= 0.3 is 5.97 Å². The van der Waals surface area contributed by atoms with Gasteiger partial charge in [-0.2, -0.15) is 0 Å². The maximum absolute atomic E-state index is 12.5. The molecule has 2 aromatic rings. The molecular weight excluding hydrogens is 314 g/mol. The van der Waals surface area contributed by atoms with Crippen molar-refractivity contribution in [3.8, 4) is 0 Å². The highest BCUT2D eigenvalue weighted by Gasteiger charge is 2.33. The molecule has 2 rings (SSSR count). The van der Waals surface area contributed by atoms with Crippen molar-refractivity contribution in [2.45, 2.75) is 45.5 Å². The zero-order valence-corrected chi connectivity index (χ0v) is 15.0. The molecule has 2 atom stereocenters. The third-order valence-corrected chi connectivity index (χ3v) is 4.16. The molecule has 4 nitrogen and oxygen atoms in total. The summed E-state index contributed by atoms with van der Waals surface area (Å²) < 4.78 is 5.24. The van der Waals surface area contributed by atoms with Gasteiger partial charge in [0.15, 0.2) is 0 Å². The van der Waals surface area contributed by atoms with Crippen LogP contribution in [0.4, 0.5) is 0 Å². The van der Waals surface area contributed by atoms with Crippen LogP contribution < -0.4 is 0 Å². The Hall–Kier alpha value is -2.17. The largest absolute Gasteiger partial charge is 0.465 e. The fraction of sp³-hybridized carbons (Fsp3) is 0.381. The van der Waals surface area contributed by atoms with Gasteiger partial charge in [0.2, 0.25) is 0 Å². The summed E-state index contributed by atoms with van der Waals surface area (Å²) >= 11 is 0. The molecule has 1 N–H and O–H groups in total. The smallest absolute Gasteiger partial charge is 0.326 e. The van der Waals surface area contributed by atoms with Crippen LogP contribution in [0.2, 0.25) is 0 Å². The fourth-order valence-corrected chi connectivity index (χ4v) is 2.89. The van der Waals surface area contributed by atoms with Crippen LogP contribution in [0.25, 0.3) is 0 Å². The van der Waals surface area contributed by atoms with Gasteiger partial charge in [-0.1, -0.05) is 67.6 Å². The average Bonchev–Trinajstić information content (AvgIpc) is 2.63. The van der Waals surface area contributed by atoms with E-state index in [0.717, 1.165) is 11.1 Å². The molecule has 4 heteroatoms. The molecule has 0 unspecified atom stereocenters. The molecule has 0 heterocycles.